The van der Waals surface area contributed by atoms with Gasteiger partial charge in [0.2, 0.25) is 5.91 Å². The lowest BCUT2D eigenvalue weighted by Crippen LogP contribution is -2.31. The predicted octanol–water partition coefficient (Wildman–Crippen LogP) is 4.54. The lowest BCUT2D eigenvalue weighted by molar-refractivity contribution is -0.114. The Hall–Kier alpha value is -4.13. The Morgan fingerprint density at radius 3 is 2.26 bits per heavy atom. The van der Waals surface area contributed by atoms with Gasteiger partial charge in [-0.15, -0.1) is 0 Å². The predicted molar refractivity (Wildman–Crippen MR) is 139 cm³/mol. The van der Waals surface area contributed by atoms with Gasteiger partial charge in [0.15, 0.2) is 0 Å². The van der Waals surface area contributed by atoms with Crippen molar-refractivity contribution in [1.82, 2.24) is 10.2 Å². The average Bonchev–Trinajstić information content (AvgIpc) is 2.88. The molecule has 0 fully saturated rings. The molecule has 3 N–H and O–H groups in total. The Morgan fingerprint density at radius 1 is 0.857 bits per heavy atom. The fourth-order valence-electron chi connectivity index (χ4n) is 3.41. The Bertz CT molecular complexity index is 1150. The first-order valence-electron chi connectivity index (χ1n) is 11.7. The van der Waals surface area contributed by atoms with Crippen LogP contribution in [-0.4, -0.2) is 42.3 Å². The van der Waals surface area contributed by atoms with Gasteiger partial charge in [0.1, 0.15) is 0 Å². The molecule has 0 saturated heterocycles. The van der Waals surface area contributed by atoms with Crippen LogP contribution in [0.1, 0.15) is 46.5 Å². The third kappa shape index (κ3) is 7.71. The summed E-state index contributed by atoms with van der Waals surface area (Å²) in [4.78, 5) is 39.1. The second-order valence-electron chi connectivity index (χ2n) is 8.49. The third-order valence-corrected chi connectivity index (χ3v) is 5.59. The van der Waals surface area contributed by atoms with E-state index < -0.39 is 0 Å². The van der Waals surface area contributed by atoms with Crippen LogP contribution in [-0.2, 0) is 11.3 Å². The van der Waals surface area contributed by atoms with Gasteiger partial charge < -0.3 is 20.9 Å². The summed E-state index contributed by atoms with van der Waals surface area (Å²) in [5.74, 6) is -0.470. The van der Waals surface area contributed by atoms with Crippen LogP contribution in [0.3, 0.4) is 0 Å². The molecule has 0 bridgehead atoms. The zero-order valence-corrected chi connectivity index (χ0v) is 20.4. The smallest absolute Gasteiger partial charge is 0.253 e. The minimum Gasteiger partial charge on any atom is -0.376 e. The molecule has 182 valence electrons. The van der Waals surface area contributed by atoms with Crippen LogP contribution in [0, 0.1) is 0 Å². The van der Waals surface area contributed by atoms with Crippen molar-refractivity contribution in [3.05, 3.63) is 95.6 Å². The maximum Gasteiger partial charge on any atom is 0.253 e. The second-order valence-corrected chi connectivity index (χ2v) is 8.49. The highest BCUT2D eigenvalue weighted by atomic mass is 16.2. The van der Waals surface area contributed by atoms with Gasteiger partial charge in [-0.25, -0.2) is 0 Å². The van der Waals surface area contributed by atoms with E-state index in [-0.39, 0.29) is 30.3 Å². The molecular weight excluding hydrogens is 440 g/mol. The first-order valence-corrected chi connectivity index (χ1v) is 11.7. The molecule has 0 spiro atoms. The lowest BCUT2D eigenvalue weighted by Gasteiger charge is -2.18. The van der Waals surface area contributed by atoms with Crippen LogP contribution in [0.25, 0.3) is 0 Å². The standard InChI is InChI=1S/C28H32N4O3/c1-4-20(2)30-27(34)22-13-15-24(16-14-22)31-26(33)18-29-25-12-8-11-23(17-25)28(35)32(3)19-21-9-6-5-7-10-21/h5-17,20,29H,4,18-19H2,1-3H3,(H,30,34)(H,31,33). The maximum atomic E-state index is 12.8. The summed E-state index contributed by atoms with van der Waals surface area (Å²) < 4.78 is 0. The van der Waals surface area contributed by atoms with Crippen LogP contribution in [0.15, 0.2) is 78.9 Å². The molecule has 3 rings (SSSR count). The zero-order chi connectivity index (χ0) is 25.2. The number of hydrogen-bond acceptors (Lipinski definition) is 4. The van der Waals surface area contributed by atoms with Gasteiger partial charge in [-0.2, -0.15) is 0 Å². The lowest BCUT2D eigenvalue weighted by atomic mass is 10.1. The Morgan fingerprint density at radius 2 is 1.57 bits per heavy atom. The summed E-state index contributed by atoms with van der Waals surface area (Å²) in [5.41, 5.74) is 3.42. The van der Waals surface area contributed by atoms with Crippen molar-refractivity contribution < 1.29 is 14.4 Å². The number of carbonyl (C=O) groups is 3. The zero-order valence-electron chi connectivity index (χ0n) is 20.4. The van der Waals surface area contributed by atoms with E-state index in [9.17, 15) is 14.4 Å². The fourth-order valence-corrected chi connectivity index (χ4v) is 3.41. The number of anilines is 2. The molecule has 0 aliphatic rings. The summed E-state index contributed by atoms with van der Waals surface area (Å²) in [6.45, 7) is 4.51. The molecule has 3 aromatic carbocycles. The minimum atomic E-state index is -0.236. The molecule has 0 aliphatic heterocycles. The monoisotopic (exact) mass is 472 g/mol. The van der Waals surface area contributed by atoms with Crippen molar-refractivity contribution in [3.8, 4) is 0 Å². The molecule has 0 heterocycles. The Balaban J connectivity index is 1.51. The van der Waals surface area contributed by atoms with E-state index in [2.05, 4.69) is 16.0 Å². The summed E-state index contributed by atoms with van der Waals surface area (Å²) in [7, 11) is 1.77. The molecule has 0 saturated carbocycles. The van der Waals surface area contributed by atoms with Crippen molar-refractivity contribution in [2.75, 3.05) is 24.2 Å². The molecule has 35 heavy (non-hydrogen) atoms. The molecule has 1 atom stereocenters. The van der Waals surface area contributed by atoms with E-state index in [0.29, 0.717) is 29.0 Å². The molecule has 3 amide bonds. The van der Waals surface area contributed by atoms with E-state index in [0.717, 1.165) is 12.0 Å². The van der Waals surface area contributed by atoms with Crippen LogP contribution in [0.4, 0.5) is 11.4 Å². The Labute approximate surface area is 206 Å². The first kappa shape index (κ1) is 25.5. The van der Waals surface area contributed by atoms with Gasteiger partial charge in [0.05, 0.1) is 6.54 Å². The highest BCUT2D eigenvalue weighted by molar-refractivity contribution is 5.97. The van der Waals surface area contributed by atoms with E-state index in [4.69, 9.17) is 0 Å². The number of amides is 3. The number of carbonyl (C=O) groups excluding carboxylic acids is 3. The average molecular weight is 473 g/mol. The van der Waals surface area contributed by atoms with Crippen molar-refractivity contribution >= 4 is 29.1 Å². The van der Waals surface area contributed by atoms with Crippen LogP contribution < -0.4 is 16.0 Å². The number of nitrogens with zero attached hydrogens (tertiary/aromatic N) is 1. The van der Waals surface area contributed by atoms with Gasteiger partial charge in [0.25, 0.3) is 11.8 Å². The highest BCUT2D eigenvalue weighted by Gasteiger charge is 2.13. The van der Waals surface area contributed by atoms with Crippen molar-refractivity contribution in [1.29, 1.82) is 0 Å². The summed E-state index contributed by atoms with van der Waals surface area (Å²) in [6.07, 6.45) is 0.855. The first-order chi connectivity index (χ1) is 16.9. The molecule has 1 unspecified atom stereocenters. The summed E-state index contributed by atoms with van der Waals surface area (Å²) in [6, 6.07) is 23.8. The molecule has 0 aromatic heterocycles. The Kier molecular flexibility index (Phi) is 9.01. The minimum absolute atomic E-state index is 0.0355. The number of nitrogens with one attached hydrogen (secondary N) is 3. The van der Waals surface area contributed by atoms with Crippen LogP contribution in [0.5, 0.6) is 0 Å². The van der Waals surface area contributed by atoms with Gasteiger partial charge >= 0.3 is 0 Å². The largest absolute Gasteiger partial charge is 0.376 e. The van der Waals surface area contributed by atoms with Crippen LogP contribution in [0.2, 0.25) is 0 Å². The number of benzene rings is 3. The second kappa shape index (κ2) is 12.4. The van der Waals surface area contributed by atoms with Crippen LogP contribution >= 0.6 is 0 Å². The van der Waals surface area contributed by atoms with Gasteiger partial charge in [-0.3, -0.25) is 14.4 Å². The highest BCUT2D eigenvalue weighted by Crippen LogP contribution is 2.15. The van der Waals surface area contributed by atoms with Crippen molar-refractivity contribution in [2.24, 2.45) is 0 Å². The number of rotatable bonds is 10. The molecule has 0 radical (unpaired) electrons. The topological polar surface area (TPSA) is 90.5 Å². The normalized spacial score (nSPS) is 11.3. The van der Waals surface area contributed by atoms with E-state index in [1.165, 1.54) is 0 Å². The maximum absolute atomic E-state index is 12.8. The quantitative estimate of drug-likeness (QED) is 0.404. The van der Waals surface area contributed by atoms with Crippen molar-refractivity contribution in [3.63, 3.8) is 0 Å². The third-order valence-electron chi connectivity index (χ3n) is 5.59. The fraction of sp³-hybridized carbons (Fsp3) is 0.250. The van der Waals surface area contributed by atoms with Gasteiger partial charge in [-0.1, -0.05) is 43.3 Å². The van der Waals surface area contributed by atoms with E-state index >= 15 is 0 Å². The van der Waals surface area contributed by atoms with E-state index in [1.807, 2.05) is 50.2 Å². The molecular formula is C28H32N4O3. The molecule has 0 aliphatic carbocycles. The molecule has 7 nitrogen and oxygen atoms in total. The SMILES string of the molecule is CCC(C)NC(=O)c1ccc(NC(=O)CNc2cccc(C(=O)N(C)Cc3ccccc3)c2)cc1. The molecule has 3 aromatic rings. The number of hydrogen-bond donors (Lipinski definition) is 3. The molecule has 7 heteroatoms. The summed E-state index contributed by atoms with van der Waals surface area (Å²) >= 11 is 0. The van der Waals surface area contributed by atoms with E-state index in [1.54, 1.807) is 54.4 Å². The van der Waals surface area contributed by atoms with Crippen molar-refractivity contribution in [2.45, 2.75) is 32.9 Å². The summed E-state index contributed by atoms with van der Waals surface area (Å²) in [5, 5.41) is 8.78. The van der Waals surface area contributed by atoms with Gasteiger partial charge in [0, 0.05) is 42.1 Å². The van der Waals surface area contributed by atoms with Gasteiger partial charge in [-0.05, 0) is 61.4 Å².